The highest BCUT2D eigenvalue weighted by molar-refractivity contribution is 5.85. The van der Waals surface area contributed by atoms with Crippen molar-refractivity contribution in [2.75, 3.05) is 13.1 Å². The van der Waals surface area contributed by atoms with E-state index < -0.39 is 0 Å². The largest absolute Gasteiger partial charge is 0.336 e. The van der Waals surface area contributed by atoms with Gasteiger partial charge in [-0.3, -0.25) is 4.79 Å². The van der Waals surface area contributed by atoms with E-state index in [4.69, 9.17) is 0 Å². The molecule has 2 aliphatic rings. The second-order valence-corrected chi connectivity index (χ2v) is 6.36. The SMILES string of the molecule is Cl.O=C(CC1CCCN1)N1CCCCCC1c1ccccc1. The number of carbonyl (C=O) groups is 1. The van der Waals surface area contributed by atoms with Gasteiger partial charge in [0.2, 0.25) is 5.91 Å². The highest BCUT2D eigenvalue weighted by Gasteiger charge is 2.28. The van der Waals surface area contributed by atoms with Gasteiger partial charge in [-0.25, -0.2) is 0 Å². The monoisotopic (exact) mass is 322 g/mol. The molecule has 2 saturated heterocycles. The molecule has 1 aromatic carbocycles. The van der Waals surface area contributed by atoms with Crippen LogP contribution in [0.4, 0.5) is 0 Å². The van der Waals surface area contributed by atoms with Gasteiger partial charge in [-0.1, -0.05) is 43.2 Å². The van der Waals surface area contributed by atoms with Crippen molar-refractivity contribution < 1.29 is 4.79 Å². The lowest BCUT2D eigenvalue weighted by atomic mass is 10.00. The van der Waals surface area contributed by atoms with Gasteiger partial charge in [0.05, 0.1) is 6.04 Å². The molecule has 0 spiro atoms. The van der Waals surface area contributed by atoms with Crippen molar-refractivity contribution in [1.29, 1.82) is 0 Å². The average molecular weight is 323 g/mol. The summed E-state index contributed by atoms with van der Waals surface area (Å²) in [6.07, 6.45) is 7.75. The highest BCUT2D eigenvalue weighted by atomic mass is 35.5. The minimum Gasteiger partial charge on any atom is -0.336 e. The Bertz CT molecular complexity index is 459. The lowest BCUT2D eigenvalue weighted by Gasteiger charge is -2.31. The lowest BCUT2D eigenvalue weighted by molar-refractivity contribution is -0.134. The summed E-state index contributed by atoms with van der Waals surface area (Å²) in [5.41, 5.74) is 1.30. The number of hydrogen-bond acceptors (Lipinski definition) is 2. The fourth-order valence-corrected chi connectivity index (χ4v) is 3.69. The maximum atomic E-state index is 12.8. The maximum absolute atomic E-state index is 12.8. The van der Waals surface area contributed by atoms with Crippen LogP contribution in [-0.2, 0) is 4.79 Å². The fraction of sp³-hybridized carbons (Fsp3) is 0.611. The molecule has 22 heavy (non-hydrogen) atoms. The number of benzene rings is 1. The third-order valence-corrected chi connectivity index (χ3v) is 4.84. The number of nitrogens with one attached hydrogen (secondary N) is 1. The third-order valence-electron chi connectivity index (χ3n) is 4.84. The van der Waals surface area contributed by atoms with E-state index in [2.05, 4.69) is 40.5 Å². The molecule has 0 aromatic heterocycles. The van der Waals surface area contributed by atoms with Gasteiger partial charge in [-0.05, 0) is 37.8 Å². The number of hydrogen-bond donors (Lipinski definition) is 1. The van der Waals surface area contributed by atoms with E-state index in [0.29, 0.717) is 18.4 Å². The molecule has 122 valence electrons. The Labute approximate surface area is 139 Å². The van der Waals surface area contributed by atoms with Gasteiger partial charge in [0.15, 0.2) is 0 Å². The summed E-state index contributed by atoms with van der Waals surface area (Å²) in [6, 6.07) is 11.2. The summed E-state index contributed by atoms with van der Waals surface area (Å²) >= 11 is 0. The van der Waals surface area contributed by atoms with Crippen LogP contribution in [0.3, 0.4) is 0 Å². The molecule has 2 heterocycles. The predicted molar refractivity (Wildman–Crippen MR) is 92.3 cm³/mol. The molecule has 2 atom stereocenters. The summed E-state index contributed by atoms with van der Waals surface area (Å²) in [7, 11) is 0. The van der Waals surface area contributed by atoms with Crippen LogP contribution in [0.25, 0.3) is 0 Å². The van der Waals surface area contributed by atoms with Gasteiger partial charge in [0.25, 0.3) is 0 Å². The first-order valence-electron chi connectivity index (χ1n) is 8.42. The van der Waals surface area contributed by atoms with Gasteiger partial charge in [-0.2, -0.15) is 0 Å². The topological polar surface area (TPSA) is 32.3 Å². The van der Waals surface area contributed by atoms with Crippen molar-refractivity contribution in [3.05, 3.63) is 35.9 Å². The molecule has 3 nitrogen and oxygen atoms in total. The lowest BCUT2D eigenvalue weighted by Crippen LogP contribution is -2.38. The molecule has 2 unspecified atom stereocenters. The predicted octanol–water partition coefficient (Wildman–Crippen LogP) is 3.69. The molecular formula is C18H27ClN2O. The van der Waals surface area contributed by atoms with E-state index in [9.17, 15) is 4.79 Å². The Morgan fingerprint density at radius 2 is 1.91 bits per heavy atom. The van der Waals surface area contributed by atoms with E-state index in [1.54, 1.807) is 0 Å². The zero-order valence-corrected chi connectivity index (χ0v) is 14.0. The maximum Gasteiger partial charge on any atom is 0.224 e. The van der Waals surface area contributed by atoms with Crippen molar-refractivity contribution >= 4 is 18.3 Å². The van der Waals surface area contributed by atoms with E-state index in [1.165, 1.54) is 24.8 Å². The molecule has 1 N–H and O–H groups in total. The Balaban J connectivity index is 0.00000176. The standard InChI is InChI=1S/C18H26N2O.ClH/c21-18(14-16-10-7-12-19-16)20-13-6-2-5-11-17(20)15-8-3-1-4-9-15;/h1,3-4,8-9,16-17,19H,2,5-7,10-14H2;1H. The number of carbonyl (C=O) groups excluding carboxylic acids is 1. The van der Waals surface area contributed by atoms with Crippen molar-refractivity contribution in [3.63, 3.8) is 0 Å². The minimum atomic E-state index is 0. The van der Waals surface area contributed by atoms with E-state index in [-0.39, 0.29) is 18.4 Å². The van der Waals surface area contributed by atoms with Crippen molar-refractivity contribution in [1.82, 2.24) is 10.2 Å². The van der Waals surface area contributed by atoms with E-state index >= 15 is 0 Å². The molecule has 1 aromatic rings. The van der Waals surface area contributed by atoms with Crippen molar-refractivity contribution in [2.24, 2.45) is 0 Å². The molecule has 4 heteroatoms. The zero-order chi connectivity index (χ0) is 14.5. The second-order valence-electron chi connectivity index (χ2n) is 6.36. The number of nitrogens with zero attached hydrogens (tertiary/aromatic N) is 1. The summed E-state index contributed by atoms with van der Waals surface area (Å²) in [4.78, 5) is 14.9. The molecule has 0 bridgehead atoms. The van der Waals surface area contributed by atoms with Crippen LogP contribution >= 0.6 is 12.4 Å². The van der Waals surface area contributed by atoms with Gasteiger partial charge >= 0.3 is 0 Å². The molecule has 2 fully saturated rings. The molecule has 3 rings (SSSR count). The first kappa shape index (κ1) is 17.3. The zero-order valence-electron chi connectivity index (χ0n) is 13.2. The third kappa shape index (κ3) is 4.23. The Hall–Kier alpha value is -1.06. The molecule has 2 aliphatic heterocycles. The second kappa shape index (κ2) is 8.54. The van der Waals surface area contributed by atoms with Gasteiger partial charge in [0.1, 0.15) is 0 Å². The quantitative estimate of drug-likeness (QED) is 0.920. The first-order chi connectivity index (χ1) is 10.3. The van der Waals surface area contributed by atoms with Crippen molar-refractivity contribution in [3.8, 4) is 0 Å². The van der Waals surface area contributed by atoms with Gasteiger partial charge in [0, 0.05) is 19.0 Å². The van der Waals surface area contributed by atoms with E-state index in [1.807, 2.05) is 0 Å². The minimum absolute atomic E-state index is 0. The van der Waals surface area contributed by atoms with Crippen LogP contribution in [0, 0.1) is 0 Å². The molecule has 0 saturated carbocycles. The van der Waals surface area contributed by atoms with Crippen LogP contribution < -0.4 is 5.32 Å². The van der Waals surface area contributed by atoms with E-state index in [0.717, 1.165) is 32.4 Å². The molecule has 0 radical (unpaired) electrons. The Morgan fingerprint density at radius 3 is 2.64 bits per heavy atom. The normalized spacial score (nSPS) is 25.4. The van der Waals surface area contributed by atoms with Gasteiger partial charge < -0.3 is 10.2 Å². The van der Waals surface area contributed by atoms with Crippen molar-refractivity contribution in [2.45, 2.75) is 57.0 Å². The Morgan fingerprint density at radius 1 is 1.09 bits per heavy atom. The fourth-order valence-electron chi connectivity index (χ4n) is 3.69. The molecule has 0 aliphatic carbocycles. The number of halogens is 1. The summed E-state index contributed by atoms with van der Waals surface area (Å²) in [6.45, 7) is 1.99. The van der Waals surface area contributed by atoms with Crippen LogP contribution in [0.1, 0.15) is 56.6 Å². The van der Waals surface area contributed by atoms with Gasteiger partial charge in [-0.15, -0.1) is 12.4 Å². The summed E-state index contributed by atoms with van der Waals surface area (Å²) in [5, 5.41) is 3.45. The highest BCUT2D eigenvalue weighted by Crippen LogP contribution is 2.31. The Kier molecular flexibility index (Phi) is 6.71. The average Bonchev–Trinajstić information content (AvgIpc) is 2.89. The molecular weight excluding hydrogens is 296 g/mol. The number of likely N-dealkylation sites (tertiary alicyclic amines) is 1. The molecule has 1 amide bonds. The van der Waals surface area contributed by atoms with Crippen LogP contribution in [0.5, 0.6) is 0 Å². The first-order valence-corrected chi connectivity index (χ1v) is 8.42. The van der Waals surface area contributed by atoms with Crippen LogP contribution in [0.2, 0.25) is 0 Å². The number of rotatable bonds is 3. The van der Waals surface area contributed by atoms with Crippen LogP contribution in [-0.4, -0.2) is 29.9 Å². The summed E-state index contributed by atoms with van der Waals surface area (Å²) < 4.78 is 0. The smallest absolute Gasteiger partial charge is 0.224 e. The van der Waals surface area contributed by atoms with Crippen LogP contribution in [0.15, 0.2) is 30.3 Å². The number of amides is 1. The summed E-state index contributed by atoms with van der Waals surface area (Å²) in [5.74, 6) is 0.338.